The van der Waals surface area contributed by atoms with Crippen molar-refractivity contribution in [3.63, 3.8) is 0 Å². The summed E-state index contributed by atoms with van der Waals surface area (Å²) in [5, 5.41) is 2.89. The lowest BCUT2D eigenvalue weighted by atomic mass is 10.0. The van der Waals surface area contributed by atoms with Crippen LogP contribution in [0.5, 0.6) is 0 Å². The number of ether oxygens (including phenoxy) is 1. The molecule has 1 saturated heterocycles. The molecule has 2 rings (SSSR count). The first-order valence-corrected chi connectivity index (χ1v) is 4.96. The molecule has 1 aromatic rings. The number of amides is 1. The number of carbonyl (C=O) groups is 1. The van der Waals surface area contributed by atoms with Crippen LogP contribution in [0.1, 0.15) is 17.2 Å². The molecule has 0 aromatic heterocycles. The number of nitrogens with one attached hydrogen (secondary N) is 1. The van der Waals surface area contributed by atoms with Crippen molar-refractivity contribution >= 4 is 5.91 Å². The summed E-state index contributed by atoms with van der Waals surface area (Å²) < 4.78 is 5.20. The fraction of sp³-hybridized carbons (Fsp3) is 0.364. The molecule has 1 heterocycles. The maximum Gasteiger partial charge on any atom is 0.246 e. The van der Waals surface area contributed by atoms with Crippen molar-refractivity contribution in [2.45, 2.75) is 12.6 Å². The molecule has 0 spiro atoms. The molecule has 1 aromatic carbocycles. The second-order valence-electron chi connectivity index (χ2n) is 3.54. The van der Waals surface area contributed by atoms with Crippen LogP contribution in [0.15, 0.2) is 24.3 Å². The number of nitrogens with two attached hydrogens (primary N) is 1. The van der Waals surface area contributed by atoms with Gasteiger partial charge in [0.05, 0.1) is 12.6 Å². The number of morpholine rings is 1. The van der Waals surface area contributed by atoms with Crippen LogP contribution in [-0.2, 0) is 16.1 Å². The Bertz CT molecular complexity index is 365. The maximum absolute atomic E-state index is 11.2. The van der Waals surface area contributed by atoms with Crippen LogP contribution in [0.25, 0.3) is 0 Å². The zero-order valence-electron chi connectivity index (χ0n) is 8.40. The highest BCUT2D eigenvalue weighted by Crippen LogP contribution is 2.19. The van der Waals surface area contributed by atoms with Gasteiger partial charge in [0.15, 0.2) is 0 Å². The topological polar surface area (TPSA) is 64.3 Å². The maximum atomic E-state index is 11.2. The molecule has 1 unspecified atom stereocenters. The Balaban J connectivity index is 2.24. The van der Waals surface area contributed by atoms with Gasteiger partial charge in [0.2, 0.25) is 5.91 Å². The predicted molar refractivity (Wildman–Crippen MR) is 56.0 cm³/mol. The van der Waals surface area contributed by atoms with Crippen LogP contribution in [0.4, 0.5) is 0 Å². The Labute approximate surface area is 88.4 Å². The van der Waals surface area contributed by atoms with Gasteiger partial charge in [-0.15, -0.1) is 0 Å². The van der Waals surface area contributed by atoms with Crippen molar-refractivity contribution in [2.75, 3.05) is 13.2 Å². The standard InChI is InChI=1S/C11H14N2O2/c12-5-8-3-1-2-4-9(8)10-6-15-7-11(14)13-10/h1-4,10H,5-7,12H2,(H,13,14). The van der Waals surface area contributed by atoms with Gasteiger partial charge in [-0.05, 0) is 11.1 Å². The fourth-order valence-corrected chi connectivity index (χ4v) is 1.77. The third-order valence-corrected chi connectivity index (χ3v) is 2.50. The first-order chi connectivity index (χ1) is 7.31. The highest BCUT2D eigenvalue weighted by atomic mass is 16.5. The molecule has 15 heavy (non-hydrogen) atoms. The number of hydrogen-bond donors (Lipinski definition) is 2. The normalized spacial score (nSPS) is 21.1. The van der Waals surface area contributed by atoms with Crippen LogP contribution in [0.2, 0.25) is 0 Å². The molecular formula is C11H14N2O2. The predicted octanol–water partition coefficient (Wildman–Crippen LogP) is 0.333. The molecular weight excluding hydrogens is 192 g/mol. The molecule has 1 fully saturated rings. The van der Waals surface area contributed by atoms with Crippen LogP contribution >= 0.6 is 0 Å². The van der Waals surface area contributed by atoms with E-state index in [4.69, 9.17) is 10.5 Å². The van der Waals surface area contributed by atoms with Gasteiger partial charge in [0.25, 0.3) is 0 Å². The molecule has 0 bridgehead atoms. The minimum Gasteiger partial charge on any atom is -0.369 e. The van der Waals surface area contributed by atoms with Gasteiger partial charge >= 0.3 is 0 Å². The van der Waals surface area contributed by atoms with E-state index >= 15 is 0 Å². The Morgan fingerprint density at radius 2 is 2.27 bits per heavy atom. The van der Waals surface area contributed by atoms with E-state index in [0.717, 1.165) is 11.1 Å². The van der Waals surface area contributed by atoms with Crippen molar-refractivity contribution < 1.29 is 9.53 Å². The summed E-state index contributed by atoms with van der Waals surface area (Å²) in [6.45, 7) is 1.15. The third kappa shape index (κ3) is 2.16. The Hall–Kier alpha value is -1.39. The molecule has 4 nitrogen and oxygen atoms in total. The Kier molecular flexibility index (Phi) is 2.99. The molecule has 1 aliphatic heterocycles. The first-order valence-electron chi connectivity index (χ1n) is 4.96. The van der Waals surface area contributed by atoms with Gasteiger partial charge in [-0.1, -0.05) is 24.3 Å². The zero-order valence-corrected chi connectivity index (χ0v) is 8.40. The second-order valence-corrected chi connectivity index (χ2v) is 3.54. The summed E-state index contributed by atoms with van der Waals surface area (Å²) >= 11 is 0. The van der Waals surface area contributed by atoms with Gasteiger partial charge < -0.3 is 15.8 Å². The summed E-state index contributed by atoms with van der Waals surface area (Å²) in [7, 11) is 0. The second kappa shape index (κ2) is 4.42. The van der Waals surface area contributed by atoms with Gasteiger partial charge in [0, 0.05) is 6.54 Å². The van der Waals surface area contributed by atoms with E-state index in [1.165, 1.54) is 0 Å². The van der Waals surface area contributed by atoms with Crippen LogP contribution in [-0.4, -0.2) is 19.1 Å². The van der Waals surface area contributed by atoms with E-state index in [-0.39, 0.29) is 18.6 Å². The number of carbonyl (C=O) groups excluding carboxylic acids is 1. The molecule has 1 amide bonds. The largest absolute Gasteiger partial charge is 0.369 e. The lowest BCUT2D eigenvalue weighted by Crippen LogP contribution is -2.40. The number of hydrogen-bond acceptors (Lipinski definition) is 3. The Morgan fingerprint density at radius 1 is 1.47 bits per heavy atom. The van der Waals surface area contributed by atoms with Crippen molar-refractivity contribution in [1.82, 2.24) is 5.32 Å². The van der Waals surface area contributed by atoms with E-state index in [9.17, 15) is 4.79 Å². The van der Waals surface area contributed by atoms with Gasteiger partial charge in [-0.25, -0.2) is 0 Å². The average Bonchev–Trinajstić information content (AvgIpc) is 2.29. The van der Waals surface area contributed by atoms with Crippen LogP contribution in [0.3, 0.4) is 0 Å². The van der Waals surface area contributed by atoms with Crippen molar-refractivity contribution in [3.05, 3.63) is 35.4 Å². The molecule has 0 radical (unpaired) electrons. The molecule has 0 saturated carbocycles. The SMILES string of the molecule is NCc1ccccc1C1COCC(=O)N1. The first kappa shape index (κ1) is 10.1. The molecule has 80 valence electrons. The van der Waals surface area contributed by atoms with Crippen molar-refractivity contribution in [2.24, 2.45) is 5.73 Å². The van der Waals surface area contributed by atoms with E-state index in [1.54, 1.807) is 0 Å². The lowest BCUT2D eigenvalue weighted by Gasteiger charge is -2.25. The van der Waals surface area contributed by atoms with Crippen molar-refractivity contribution in [3.8, 4) is 0 Å². The monoisotopic (exact) mass is 206 g/mol. The molecule has 1 atom stereocenters. The summed E-state index contributed by atoms with van der Waals surface area (Å²) in [6, 6.07) is 7.76. The summed E-state index contributed by atoms with van der Waals surface area (Å²) in [5.74, 6) is -0.0712. The van der Waals surface area contributed by atoms with Crippen LogP contribution < -0.4 is 11.1 Å². The van der Waals surface area contributed by atoms with Gasteiger partial charge in [0.1, 0.15) is 6.61 Å². The Morgan fingerprint density at radius 3 is 3.00 bits per heavy atom. The number of benzene rings is 1. The fourth-order valence-electron chi connectivity index (χ4n) is 1.77. The van der Waals surface area contributed by atoms with E-state index in [0.29, 0.717) is 13.2 Å². The highest BCUT2D eigenvalue weighted by molar-refractivity contribution is 5.78. The molecule has 1 aliphatic rings. The highest BCUT2D eigenvalue weighted by Gasteiger charge is 2.21. The number of rotatable bonds is 2. The average molecular weight is 206 g/mol. The molecule has 4 heteroatoms. The van der Waals surface area contributed by atoms with Gasteiger partial charge in [-0.2, -0.15) is 0 Å². The van der Waals surface area contributed by atoms with E-state index < -0.39 is 0 Å². The summed E-state index contributed by atoms with van der Waals surface area (Å²) in [4.78, 5) is 11.2. The van der Waals surface area contributed by atoms with E-state index in [1.807, 2.05) is 24.3 Å². The zero-order chi connectivity index (χ0) is 10.7. The smallest absolute Gasteiger partial charge is 0.246 e. The minimum absolute atomic E-state index is 0.0639. The van der Waals surface area contributed by atoms with Gasteiger partial charge in [-0.3, -0.25) is 4.79 Å². The molecule has 0 aliphatic carbocycles. The summed E-state index contributed by atoms with van der Waals surface area (Å²) in [5.41, 5.74) is 7.74. The summed E-state index contributed by atoms with van der Waals surface area (Å²) in [6.07, 6.45) is 0. The van der Waals surface area contributed by atoms with Crippen molar-refractivity contribution in [1.29, 1.82) is 0 Å². The van der Waals surface area contributed by atoms with E-state index in [2.05, 4.69) is 5.32 Å². The quantitative estimate of drug-likeness (QED) is 0.733. The molecule has 3 N–H and O–H groups in total. The third-order valence-electron chi connectivity index (χ3n) is 2.50. The van der Waals surface area contributed by atoms with Crippen LogP contribution in [0, 0.1) is 0 Å². The minimum atomic E-state index is -0.0712. The lowest BCUT2D eigenvalue weighted by molar-refractivity contribution is -0.131.